The maximum Gasteiger partial charge on any atom is 0.111 e. The first-order valence-corrected chi connectivity index (χ1v) is 7.79. The highest BCUT2D eigenvalue weighted by atomic mass is 35.5. The summed E-state index contributed by atoms with van der Waals surface area (Å²) in [5.41, 5.74) is 4.01. The summed E-state index contributed by atoms with van der Waals surface area (Å²) < 4.78 is 2.50. The third-order valence-corrected chi connectivity index (χ3v) is 4.88. The fourth-order valence-corrected chi connectivity index (χ4v) is 3.56. The highest BCUT2D eigenvalue weighted by Crippen LogP contribution is 2.44. The van der Waals surface area contributed by atoms with Crippen LogP contribution < -0.4 is 0 Å². The summed E-state index contributed by atoms with van der Waals surface area (Å²) in [6, 6.07) is 6.49. The zero-order chi connectivity index (χ0) is 13.5. The number of imidazole rings is 1. The minimum atomic E-state index is 0.296. The third-order valence-electron chi connectivity index (χ3n) is 4.69. The first kappa shape index (κ1) is 13.0. The fraction of sp³-hybridized carbons (Fsp3) is 0.562. The molecule has 0 saturated heterocycles. The Morgan fingerprint density at radius 1 is 1.37 bits per heavy atom. The molecule has 0 bridgehead atoms. The van der Waals surface area contributed by atoms with Crippen LogP contribution in [0.2, 0.25) is 0 Å². The molecule has 0 spiro atoms. The summed E-state index contributed by atoms with van der Waals surface area (Å²) >= 11 is 5.98. The number of para-hydroxylation sites is 1. The third kappa shape index (κ3) is 1.88. The molecule has 3 heteroatoms. The Labute approximate surface area is 119 Å². The van der Waals surface area contributed by atoms with Crippen LogP contribution in [-0.4, -0.2) is 15.4 Å². The van der Waals surface area contributed by atoms with E-state index in [-0.39, 0.29) is 0 Å². The van der Waals surface area contributed by atoms with Gasteiger partial charge in [-0.25, -0.2) is 4.98 Å². The fourth-order valence-electron chi connectivity index (χ4n) is 3.39. The van der Waals surface area contributed by atoms with Gasteiger partial charge in [-0.2, -0.15) is 0 Å². The van der Waals surface area contributed by atoms with Crippen LogP contribution in [0.15, 0.2) is 18.2 Å². The Morgan fingerprint density at radius 2 is 2.16 bits per heavy atom. The molecule has 0 amide bonds. The van der Waals surface area contributed by atoms with Crippen molar-refractivity contribution in [2.24, 2.45) is 0 Å². The van der Waals surface area contributed by atoms with Crippen LogP contribution >= 0.6 is 11.6 Å². The van der Waals surface area contributed by atoms with Crippen molar-refractivity contribution in [2.75, 3.05) is 5.88 Å². The number of halogens is 1. The van der Waals surface area contributed by atoms with E-state index in [9.17, 15) is 0 Å². The molecule has 1 aromatic heterocycles. The molecule has 2 nitrogen and oxygen atoms in total. The van der Waals surface area contributed by atoms with E-state index in [1.54, 1.807) is 0 Å². The smallest absolute Gasteiger partial charge is 0.111 e. The molecule has 1 aliphatic rings. The lowest BCUT2D eigenvalue weighted by Gasteiger charge is -2.44. The largest absolute Gasteiger partial charge is 0.322 e. The lowest BCUT2D eigenvalue weighted by atomic mass is 9.74. The second-order valence-corrected chi connectivity index (χ2v) is 6.05. The molecule has 1 saturated carbocycles. The van der Waals surface area contributed by atoms with Gasteiger partial charge in [0.25, 0.3) is 0 Å². The van der Waals surface area contributed by atoms with Gasteiger partial charge in [-0.05, 0) is 44.2 Å². The number of nitrogens with zero attached hydrogens (tertiary/aromatic N) is 2. The zero-order valence-corrected chi connectivity index (χ0v) is 12.5. The van der Waals surface area contributed by atoms with Crippen molar-refractivity contribution >= 4 is 22.6 Å². The molecule has 2 aromatic rings. The minimum absolute atomic E-state index is 0.296. The molecular weight excluding hydrogens is 256 g/mol. The Hall–Kier alpha value is -1.02. The molecule has 0 atom stereocenters. The predicted molar refractivity (Wildman–Crippen MR) is 81.0 cm³/mol. The molecule has 1 aliphatic carbocycles. The van der Waals surface area contributed by atoms with Gasteiger partial charge in [0.1, 0.15) is 5.82 Å². The van der Waals surface area contributed by atoms with Crippen molar-refractivity contribution in [3.63, 3.8) is 0 Å². The molecule has 3 rings (SSSR count). The predicted octanol–water partition coefficient (Wildman–Crippen LogP) is 4.42. The first-order chi connectivity index (χ1) is 9.22. The summed E-state index contributed by atoms with van der Waals surface area (Å²) in [5.74, 6) is 1.81. The van der Waals surface area contributed by atoms with Crippen molar-refractivity contribution in [2.45, 2.75) is 51.5 Å². The molecule has 19 heavy (non-hydrogen) atoms. The van der Waals surface area contributed by atoms with Gasteiger partial charge in [-0.3, -0.25) is 0 Å². The number of aromatic nitrogens is 2. The topological polar surface area (TPSA) is 17.8 Å². The Kier molecular flexibility index (Phi) is 3.30. The van der Waals surface area contributed by atoms with Crippen molar-refractivity contribution in [1.82, 2.24) is 9.55 Å². The highest BCUT2D eigenvalue weighted by Gasteiger charge is 2.39. The number of hydrogen-bond donors (Lipinski definition) is 0. The van der Waals surface area contributed by atoms with Crippen molar-refractivity contribution in [3.05, 3.63) is 29.6 Å². The van der Waals surface area contributed by atoms with Crippen molar-refractivity contribution in [1.29, 1.82) is 0 Å². The quantitative estimate of drug-likeness (QED) is 0.756. The maximum atomic E-state index is 5.98. The molecule has 1 fully saturated rings. The number of aryl methyl sites for hydroxylation is 2. The number of fused-ring (bicyclic) bond motifs is 1. The van der Waals surface area contributed by atoms with Crippen LogP contribution in [0.5, 0.6) is 0 Å². The maximum absolute atomic E-state index is 5.98. The molecule has 0 aliphatic heterocycles. The van der Waals surface area contributed by atoms with Gasteiger partial charge >= 0.3 is 0 Å². The summed E-state index contributed by atoms with van der Waals surface area (Å²) in [6.07, 6.45) is 5.93. The van der Waals surface area contributed by atoms with E-state index in [4.69, 9.17) is 16.6 Å². The zero-order valence-electron chi connectivity index (χ0n) is 11.7. The average molecular weight is 277 g/mol. The molecule has 0 radical (unpaired) electrons. The normalized spacial score (nSPS) is 17.6. The molecule has 102 valence electrons. The minimum Gasteiger partial charge on any atom is -0.322 e. The van der Waals surface area contributed by atoms with E-state index < -0.39 is 0 Å². The molecule has 0 N–H and O–H groups in total. The van der Waals surface area contributed by atoms with Gasteiger partial charge in [-0.15, -0.1) is 11.6 Å². The van der Waals surface area contributed by atoms with E-state index in [1.807, 2.05) is 0 Å². The van der Waals surface area contributed by atoms with Gasteiger partial charge in [0, 0.05) is 17.8 Å². The van der Waals surface area contributed by atoms with Crippen molar-refractivity contribution < 1.29 is 0 Å². The summed E-state index contributed by atoms with van der Waals surface area (Å²) in [4.78, 5) is 4.88. The van der Waals surface area contributed by atoms with E-state index >= 15 is 0 Å². The van der Waals surface area contributed by atoms with E-state index in [1.165, 1.54) is 42.6 Å². The number of rotatable bonds is 4. The van der Waals surface area contributed by atoms with E-state index in [0.717, 1.165) is 11.9 Å². The van der Waals surface area contributed by atoms with Gasteiger partial charge < -0.3 is 4.57 Å². The average Bonchev–Trinajstić information content (AvgIpc) is 2.71. The summed E-state index contributed by atoms with van der Waals surface area (Å²) in [6.45, 7) is 4.44. The van der Waals surface area contributed by atoms with E-state index in [0.29, 0.717) is 11.4 Å². The van der Waals surface area contributed by atoms with Crippen molar-refractivity contribution in [3.8, 4) is 0 Å². The monoisotopic (exact) mass is 276 g/mol. The van der Waals surface area contributed by atoms with Gasteiger partial charge in [0.15, 0.2) is 0 Å². The Bertz CT molecular complexity index is 591. The van der Waals surface area contributed by atoms with Crippen LogP contribution in [0.3, 0.4) is 0 Å². The van der Waals surface area contributed by atoms with Crippen LogP contribution in [0.1, 0.15) is 44.0 Å². The van der Waals surface area contributed by atoms with E-state index in [2.05, 4.69) is 36.6 Å². The lowest BCUT2D eigenvalue weighted by molar-refractivity contribution is 0.137. The summed E-state index contributed by atoms with van der Waals surface area (Å²) in [5, 5.41) is 0. The molecule has 1 heterocycles. The molecular formula is C16H21ClN2. The second-order valence-electron chi connectivity index (χ2n) is 5.68. The summed E-state index contributed by atoms with van der Waals surface area (Å²) in [7, 11) is 0. The van der Waals surface area contributed by atoms with Crippen LogP contribution in [0.25, 0.3) is 11.0 Å². The number of alkyl halides is 1. The molecule has 1 aromatic carbocycles. The lowest BCUT2D eigenvalue weighted by Crippen LogP contribution is -2.41. The second kappa shape index (κ2) is 4.82. The standard InChI is InChI=1S/C16H21ClN2/c1-3-16(9-5-10-16)19-13-7-4-6-12(2)15(13)18-14(19)8-11-17/h4,6-7H,3,5,8-11H2,1-2H3. The number of benzene rings is 1. The van der Waals surface area contributed by atoms with Gasteiger partial charge in [0.05, 0.1) is 11.0 Å². The highest BCUT2D eigenvalue weighted by molar-refractivity contribution is 6.17. The van der Waals surface area contributed by atoms with Crippen LogP contribution in [0.4, 0.5) is 0 Å². The SMILES string of the molecule is CCC1(n2c(CCCl)nc3c(C)cccc32)CCC1. The Balaban J connectivity index is 2.25. The van der Waals surface area contributed by atoms with Gasteiger partial charge in [0.2, 0.25) is 0 Å². The number of hydrogen-bond acceptors (Lipinski definition) is 1. The van der Waals surface area contributed by atoms with Crippen LogP contribution in [0, 0.1) is 6.92 Å². The van der Waals surface area contributed by atoms with Crippen LogP contribution in [-0.2, 0) is 12.0 Å². The molecule has 0 unspecified atom stereocenters. The first-order valence-electron chi connectivity index (χ1n) is 7.25. The van der Waals surface area contributed by atoms with Gasteiger partial charge in [-0.1, -0.05) is 19.1 Å². The Morgan fingerprint density at radius 3 is 2.74 bits per heavy atom.